The predicted octanol–water partition coefficient (Wildman–Crippen LogP) is 0.536. The van der Waals surface area contributed by atoms with Crippen LogP contribution in [-0.4, -0.2) is 35.7 Å². The Morgan fingerprint density at radius 3 is 2.53 bits per heavy atom. The van der Waals surface area contributed by atoms with Gasteiger partial charge < -0.3 is 15.2 Å². The lowest BCUT2D eigenvalue weighted by Gasteiger charge is -2.41. The lowest BCUT2D eigenvalue weighted by Crippen LogP contribution is -2.55. The number of hydrogen-bond acceptors (Lipinski definition) is 3. The number of carboxylic acid groups (broad SMARTS) is 1. The van der Waals surface area contributed by atoms with Crippen LogP contribution in [-0.2, 0) is 14.3 Å². The monoisotopic (exact) mass is 215 g/mol. The van der Waals surface area contributed by atoms with Crippen molar-refractivity contribution in [3.05, 3.63) is 0 Å². The minimum atomic E-state index is -0.869. The number of rotatable bonds is 6. The molecule has 1 rings (SSSR count). The fourth-order valence-electron chi connectivity index (χ4n) is 1.77. The average molecular weight is 215 g/mol. The highest BCUT2D eigenvalue weighted by molar-refractivity contribution is 5.79. The summed E-state index contributed by atoms with van der Waals surface area (Å²) < 4.78 is 4.96. The van der Waals surface area contributed by atoms with Crippen LogP contribution in [0, 0.1) is 0 Å². The Hall–Kier alpha value is -1.10. The van der Waals surface area contributed by atoms with Crippen LogP contribution < -0.4 is 5.32 Å². The molecule has 0 spiro atoms. The largest absolute Gasteiger partial charge is 0.481 e. The van der Waals surface area contributed by atoms with Gasteiger partial charge in [0.05, 0.1) is 12.0 Å². The maximum absolute atomic E-state index is 11.4. The standard InChI is InChI=1S/C10H17NO4/c1-2-15-7-8(12)11-10(4-3-5-10)6-9(13)14/h2-7H2,1H3,(H,11,12)(H,13,14). The van der Waals surface area contributed by atoms with E-state index in [0.717, 1.165) is 19.3 Å². The molecule has 0 heterocycles. The number of carbonyl (C=O) groups excluding carboxylic acids is 1. The summed E-state index contributed by atoms with van der Waals surface area (Å²) in [6, 6.07) is 0. The molecule has 0 aromatic rings. The van der Waals surface area contributed by atoms with E-state index in [1.807, 2.05) is 6.92 Å². The molecule has 0 bridgehead atoms. The van der Waals surface area contributed by atoms with Gasteiger partial charge in [0, 0.05) is 6.61 Å². The number of amides is 1. The van der Waals surface area contributed by atoms with E-state index in [1.165, 1.54) is 0 Å². The Bertz CT molecular complexity index is 248. The Kier molecular flexibility index (Phi) is 4.08. The zero-order valence-corrected chi connectivity index (χ0v) is 8.91. The summed E-state index contributed by atoms with van der Waals surface area (Å²) in [6.45, 7) is 2.31. The molecule has 5 nitrogen and oxygen atoms in total. The fourth-order valence-corrected chi connectivity index (χ4v) is 1.77. The van der Waals surface area contributed by atoms with Crippen molar-refractivity contribution in [2.75, 3.05) is 13.2 Å². The molecule has 0 aromatic carbocycles. The van der Waals surface area contributed by atoms with E-state index in [1.54, 1.807) is 0 Å². The maximum Gasteiger partial charge on any atom is 0.305 e. The molecule has 86 valence electrons. The average Bonchev–Trinajstić information content (AvgIpc) is 2.10. The highest BCUT2D eigenvalue weighted by Crippen LogP contribution is 2.34. The van der Waals surface area contributed by atoms with Gasteiger partial charge in [0.2, 0.25) is 5.91 Å². The third kappa shape index (κ3) is 3.51. The van der Waals surface area contributed by atoms with Crippen molar-refractivity contribution in [1.29, 1.82) is 0 Å². The van der Waals surface area contributed by atoms with E-state index in [-0.39, 0.29) is 18.9 Å². The second kappa shape index (κ2) is 5.11. The summed E-state index contributed by atoms with van der Waals surface area (Å²) in [5.41, 5.74) is -0.514. The fraction of sp³-hybridized carbons (Fsp3) is 0.800. The second-order valence-corrected chi connectivity index (χ2v) is 3.89. The van der Waals surface area contributed by atoms with Crippen LogP contribution in [0.5, 0.6) is 0 Å². The van der Waals surface area contributed by atoms with Crippen molar-refractivity contribution >= 4 is 11.9 Å². The van der Waals surface area contributed by atoms with Crippen LogP contribution in [0.3, 0.4) is 0 Å². The summed E-state index contributed by atoms with van der Waals surface area (Å²) >= 11 is 0. The summed E-state index contributed by atoms with van der Waals surface area (Å²) in [5, 5.41) is 11.5. The molecule has 1 aliphatic rings. The lowest BCUT2D eigenvalue weighted by atomic mass is 9.74. The minimum absolute atomic E-state index is 0.00483. The van der Waals surface area contributed by atoms with Crippen molar-refractivity contribution in [1.82, 2.24) is 5.32 Å². The minimum Gasteiger partial charge on any atom is -0.481 e. The van der Waals surface area contributed by atoms with Crippen molar-refractivity contribution in [3.8, 4) is 0 Å². The van der Waals surface area contributed by atoms with Gasteiger partial charge in [-0.05, 0) is 26.2 Å². The molecular formula is C10H17NO4. The van der Waals surface area contributed by atoms with Crippen LogP contribution in [0.15, 0.2) is 0 Å². The SMILES string of the molecule is CCOCC(=O)NC1(CC(=O)O)CCC1. The highest BCUT2D eigenvalue weighted by Gasteiger charge is 2.40. The summed E-state index contributed by atoms with van der Waals surface area (Å²) in [5.74, 6) is -1.09. The number of ether oxygens (including phenoxy) is 1. The van der Waals surface area contributed by atoms with Crippen molar-refractivity contribution < 1.29 is 19.4 Å². The van der Waals surface area contributed by atoms with Crippen LogP contribution in [0.25, 0.3) is 0 Å². The summed E-state index contributed by atoms with van der Waals surface area (Å²) in [6.07, 6.45) is 2.47. The number of carbonyl (C=O) groups is 2. The van der Waals surface area contributed by atoms with E-state index < -0.39 is 11.5 Å². The van der Waals surface area contributed by atoms with Crippen LogP contribution in [0.1, 0.15) is 32.6 Å². The molecule has 1 aliphatic carbocycles. The Morgan fingerprint density at radius 2 is 2.13 bits per heavy atom. The third-order valence-electron chi connectivity index (χ3n) is 2.64. The topological polar surface area (TPSA) is 75.6 Å². The second-order valence-electron chi connectivity index (χ2n) is 3.89. The Balaban J connectivity index is 2.38. The first kappa shape index (κ1) is 12.0. The van der Waals surface area contributed by atoms with E-state index in [4.69, 9.17) is 9.84 Å². The number of aliphatic carboxylic acids is 1. The quantitative estimate of drug-likeness (QED) is 0.678. The molecule has 0 radical (unpaired) electrons. The molecule has 0 unspecified atom stereocenters. The molecule has 0 saturated heterocycles. The van der Waals surface area contributed by atoms with Crippen LogP contribution in [0.2, 0.25) is 0 Å². The van der Waals surface area contributed by atoms with Gasteiger partial charge in [0.1, 0.15) is 6.61 Å². The molecule has 2 N–H and O–H groups in total. The van der Waals surface area contributed by atoms with Crippen molar-refractivity contribution in [2.45, 2.75) is 38.1 Å². The van der Waals surface area contributed by atoms with Gasteiger partial charge in [0.25, 0.3) is 0 Å². The van der Waals surface area contributed by atoms with Crippen molar-refractivity contribution in [3.63, 3.8) is 0 Å². The number of nitrogens with one attached hydrogen (secondary N) is 1. The molecule has 1 amide bonds. The summed E-state index contributed by atoms with van der Waals surface area (Å²) in [7, 11) is 0. The molecule has 0 aromatic heterocycles. The molecule has 0 aliphatic heterocycles. The van der Waals surface area contributed by atoms with Crippen LogP contribution in [0.4, 0.5) is 0 Å². The highest BCUT2D eigenvalue weighted by atomic mass is 16.5. The molecule has 1 saturated carbocycles. The van der Waals surface area contributed by atoms with Crippen LogP contribution >= 0.6 is 0 Å². The summed E-state index contributed by atoms with van der Waals surface area (Å²) in [4.78, 5) is 22.0. The van der Waals surface area contributed by atoms with Gasteiger partial charge in [0.15, 0.2) is 0 Å². The number of hydrogen-bond donors (Lipinski definition) is 2. The molecule has 5 heteroatoms. The van der Waals surface area contributed by atoms with Crippen molar-refractivity contribution in [2.24, 2.45) is 0 Å². The smallest absolute Gasteiger partial charge is 0.305 e. The number of carboxylic acids is 1. The molecular weight excluding hydrogens is 198 g/mol. The first-order chi connectivity index (χ1) is 7.08. The lowest BCUT2D eigenvalue weighted by molar-refractivity contribution is -0.141. The normalized spacial score (nSPS) is 17.9. The first-order valence-corrected chi connectivity index (χ1v) is 5.18. The zero-order valence-electron chi connectivity index (χ0n) is 8.91. The van der Waals surface area contributed by atoms with Gasteiger partial charge in [-0.3, -0.25) is 9.59 Å². The Labute approximate surface area is 88.8 Å². The Morgan fingerprint density at radius 1 is 1.47 bits per heavy atom. The van der Waals surface area contributed by atoms with E-state index in [2.05, 4.69) is 5.32 Å². The maximum atomic E-state index is 11.4. The third-order valence-corrected chi connectivity index (χ3v) is 2.64. The van der Waals surface area contributed by atoms with Gasteiger partial charge in [-0.25, -0.2) is 0 Å². The van der Waals surface area contributed by atoms with Gasteiger partial charge >= 0.3 is 5.97 Å². The molecule has 0 atom stereocenters. The van der Waals surface area contributed by atoms with E-state index in [0.29, 0.717) is 6.61 Å². The van der Waals surface area contributed by atoms with E-state index in [9.17, 15) is 9.59 Å². The van der Waals surface area contributed by atoms with Gasteiger partial charge in [-0.15, -0.1) is 0 Å². The van der Waals surface area contributed by atoms with E-state index >= 15 is 0 Å². The first-order valence-electron chi connectivity index (χ1n) is 5.18. The van der Waals surface area contributed by atoms with Gasteiger partial charge in [-0.1, -0.05) is 0 Å². The van der Waals surface area contributed by atoms with Gasteiger partial charge in [-0.2, -0.15) is 0 Å². The predicted molar refractivity (Wildman–Crippen MR) is 53.5 cm³/mol. The molecule has 1 fully saturated rings. The molecule has 15 heavy (non-hydrogen) atoms. The zero-order chi connectivity index (χ0) is 11.3.